The van der Waals surface area contributed by atoms with Crippen molar-refractivity contribution in [3.63, 3.8) is 0 Å². The fourth-order valence-electron chi connectivity index (χ4n) is 3.95. The third kappa shape index (κ3) is 7.43. The smallest absolute Gasteiger partial charge is 0.387 e. The topological polar surface area (TPSA) is 67.9 Å². The first-order valence-corrected chi connectivity index (χ1v) is 11.8. The predicted molar refractivity (Wildman–Crippen MR) is 125 cm³/mol. The van der Waals surface area contributed by atoms with Gasteiger partial charge in [-0.25, -0.2) is 0 Å². The van der Waals surface area contributed by atoms with E-state index in [-0.39, 0.29) is 29.7 Å². The maximum Gasteiger partial charge on any atom is 0.387 e. The number of carbonyl (C=O) groups excluding carboxylic acids is 2. The summed E-state index contributed by atoms with van der Waals surface area (Å²) in [4.78, 5) is 27.2. The molecule has 3 rings (SSSR count). The zero-order valence-electron chi connectivity index (χ0n) is 19.5. The van der Waals surface area contributed by atoms with Crippen molar-refractivity contribution in [1.29, 1.82) is 0 Å². The molecule has 0 spiro atoms. The first-order chi connectivity index (χ1) is 16.5. The summed E-state index contributed by atoms with van der Waals surface area (Å²) in [6, 6.07) is 13.8. The summed E-state index contributed by atoms with van der Waals surface area (Å²) in [5.41, 5.74) is 1.17. The largest absolute Gasteiger partial charge is 0.494 e. The highest BCUT2D eigenvalue weighted by Gasteiger charge is 2.30. The Kier molecular flexibility index (Phi) is 9.67. The Bertz CT molecular complexity index is 937. The molecule has 2 amide bonds. The average Bonchev–Trinajstić information content (AvgIpc) is 2.85. The van der Waals surface area contributed by atoms with E-state index >= 15 is 0 Å². The lowest BCUT2D eigenvalue weighted by Crippen LogP contribution is -2.45. The minimum Gasteiger partial charge on any atom is -0.494 e. The quantitative estimate of drug-likeness (QED) is 0.481. The van der Waals surface area contributed by atoms with Crippen LogP contribution in [0.4, 0.5) is 8.78 Å². The van der Waals surface area contributed by atoms with E-state index in [0.717, 1.165) is 24.2 Å². The van der Waals surface area contributed by atoms with Crippen LogP contribution in [0.1, 0.15) is 48.5 Å². The number of nitrogens with zero attached hydrogens (tertiary/aromatic N) is 1. The molecule has 1 fully saturated rings. The number of rotatable bonds is 11. The second-order valence-corrected chi connectivity index (χ2v) is 8.35. The third-order valence-corrected chi connectivity index (χ3v) is 5.82. The second kappa shape index (κ2) is 12.9. The van der Waals surface area contributed by atoms with E-state index < -0.39 is 12.5 Å². The van der Waals surface area contributed by atoms with Gasteiger partial charge >= 0.3 is 6.61 Å². The van der Waals surface area contributed by atoms with Crippen molar-refractivity contribution in [1.82, 2.24) is 10.2 Å². The molecular formula is C26H32F2N2O4. The van der Waals surface area contributed by atoms with Gasteiger partial charge in [-0.15, -0.1) is 0 Å². The van der Waals surface area contributed by atoms with Gasteiger partial charge in [-0.05, 0) is 55.5 Å². The molecule has 1 aliphatic heterocycles. The highest BCUT2D eigenvalue weighted by atomic mass is 19.3. The van der Waals surface area contributed by atoms with Gasteiger partial charge in [-0.1, -0.05) is 37.6 Å². The van der Waals surface area contributed by atoms with Crippen molar-refractivity contribution in [3.05, 3.63) is 59.7 Å². The van der Waals surface area contributed by atoms with Gasteiger partial charge in [0.15, 0.2) is 0 Å². The summed E-state index contributed by atoms with van der Waals surface area (Å²) < 4.78 is 35.5. The molecule has 0 radical (unpaired) electrons. The lowest BCUT2D eigenvalue weighted by molar-refractivity contribution is -0.126. The van der Waals surface area contributed by atoms with Crippen LogP contribution in [0.15, 0.2) is 48.5 Å². The van der Waals surface area contributed by atoms with E-state index in [1.54, 1.807) is 11.0 Å². The van der Waals surface area contributed by atoms with Gasteiger partial charge in [0, 0.05) is 19.6 Å². The molecule has 0 aromatic heterocycles. The van der Waals surface area contributed by atoms with Gasteiger partial charge in [0.25, 0.3) is 5.91 Å². The minimum absolute atomic E-state index is 0.0750. The molecule has 1 unspecified atom stereocenters. The number of amides is 2. The van der Waals surface area contributed by atoms with Gasteiger partial charge in [0.1, 0.15) is 11.5 Å². The molecule has 1 saturated heterocycles. The molecule has 1 heterocycles. The fraction of sp³-hybridized carbons (Fsp3) is 0.462. The number of carbonyl (C=O) groups is 2. The number of hydrogen-bond acceptors (Lipinski definition) is 4. The number of nitrogens with one attached hydrogen (secondary N) is 1. The van der Waals surface area contributed by atoms with Crippen LogP contribution in [-0.4, -0.2) is 49.6 Å². The summed E-state index contributed by atoms with van der Waals surface area (Å²) in [6.45, 7) is 1.02. The lowest BCUT2D eigenvalue weighted by atomic mass is 9.96. The molecule has 0 saturated carbocycles. The summed E-state index contributed by atoms with van der Waals surface area (Å²) in [5, 5.41) is 2.96. The highest BCUT2D eigenvalue weighted by Crippen LogP contribution is 2.25. The van der Waals surface area contributed by atoms with E-state index in [0.29, 0.717) is 39.0 Å². The van der Waals surface area contributed by atoms with Gasteiger partial charge in [-0.3, -0.25) is 9.59 Å². The Labute approximate surface area is 199 Å². The number of para-hydroxylation sites is 1. The predicted octanol–water partition coefficient (Wildman–Crippen LogP) is 4.68. The van der Waals surface area contributed by atoms with Crippen molar-refractivity contribution in [3.8, 4) is 11.5 Å². The lowest BCUT2D eigenvalue weighted by Gasteiger charge is -2.32. The number of ether oxygens (including phenoxy) is 2. The maximum absolute atomic E-state index is 12.9. The summed E-state index contributed by atoms with van der Waals surface area (Å²) in [7, 11) is 0. The van der Waals surface area contributed by atoms with E-state index in [2.05, 4.69) is 17.0 Å². The van der Waals surface area contributed by atoms with Crippen LogP contribution >= 0.6 is 0 Å². The first kappa shape index (κ1) is 25.5. The van der Waals surface area contributed by atoms with Crippen molar-refractivity contribution in [2.45, 2.75) is 45.6 Å². The molecule has 34 heavy (non-hydrogen) atoms. The molecule has 184 valence electrons. The maximum atomic E-state index is 12.9. The van der Waals surface area contributed by atoms with E-state index in [9.17, 15) is 18.4 Å². The Balaban J connectivity index is 1.48. The van der Waals surface area contributed by atoms with Crippen molar-refractivity contribution in [2.75, 3.05) is 26.2 Å². The first-order valence-electron chi connectivity index (χ1n) is 11.8. The molecule has 0 bridgehead atoms. The van der Waals surface area contributed by atoms with Crippen molar-refractivity contribution in [2.24, 2.45) is 5.92 Å². The van der Waals surface area contributed by atoms with E-state index in [4.69, 9.17) is 4.74 Å². The second-order valence-electron chi connectivity index (χ2n) is 8.35. The summed E-state index contributed by atoms with van der Waals surface area (Å²) in [6.07, 6.45) is 4.14. The number of hydrogen-bond donors (Lipinski definition) is 1. The van der Waals surface area contributed by atoms with Crippen LogP contribution in [0, 0.1) is 5.92 Å². The van der Waals surface area contributed by atoms with Crippen LogP contribution in [-0.2, 0) is 11.2 Å². The minimum atomic E-state index is -3.02. The number of piperidine rings is 1. The monoisotopic (exact) mass is 474 g/mol. The molecule has 0 aliphatic carbocycles. The zero-order chi connectivity index (χ0) is 24.3. The number of unbranched alkanes of at least 4 members (excludes halogenated alkanes) is 1. The third-order valence-electron chi connectivity index (χ3n) is 5.82. The Hall–Kier alpha value is -3.16. The SMILES string of the molecule is CCCCOc1ccc(CCNC(=O)C2CCCN(C(=O)c3ccccc3OC(F)F)C2)cc1. The van der Waals surface area contributed by atoms with Gasteiger partial charge in [-0.2, -0.15) is 8.78 Å². The molecule has 1 atom stereocenters. The molecular weight excluding hydrogens is 442 g/mol. The number of alkyl halides is 2. The number of likely N-dealkylation sites (tertiary alicyclic amines) is 1. The van der Waals surface area contributed by atoms with Crippen LogP contribution < -0.4 is 14.8 Å². The van der Waals surface area contributed by atoms with E-state index in [1.165, 1.54) is 18.2 Å². The number of halogens is 2. The molecule has 2 aromatic rings. The van der Waals surface area contributed by atoms with Crippen LogP contribution in [0.3, 0.4) is 0 Å². The molecule has 2 aromatic carbocycles. The van der Waals surface area contributed by atoms with Gasteiger partial charge in [0.05, 0.1) is 18.1 Å². The van der Waals surface area contributed by atoms with Crippen LogP contribution in [0.25, 0.3) is 0 Å². The molecule has 6 nitrogen and oxygen atoms in total. The fourth-order valence-corrected chi connectivity index (χ4v) is 3.95. The summed E-state index contributed by atoms with van der Waals surface area (Å²) >= 11 is 0. The van der Waals surface area contributed by atoms with Gasteiger partial charge in [0.2, 0.25) is 5.91 Å². The van der Waals surface area contributed by atoms with E-state index in [1.807, 2.05) is 24.3 Å². The average molecular weight is 475 g/mol. The van der Waals surface area contributed by atoms with Crippen LogP contribution in [0.2, 0.25) is 0 Å². The van der Waals surface area contributed by atoms with Gasteiger partial charge < -0.3 is 19.7 Å². The highest BCUT2D eigenvalue weighted by molar-refractivity contribution is 5.97. The van der Waals surface area contributed by atoms with Crippen molar-refractivity contribution < 1.29 is 27.8 Å². The zero-order valence-corrected chi connectivity index (χ0v) is 19.5. The Morgan fingerprint density at radius 3 is 2.65 bits per heavy atom. The Morgan fingerprint density at radius 1 is 1.15 bits per heavy atom. The molecule has 1 aliphatic rings. The van der Waals surface area contributed by atoms with Crippen LogP contribution in [0.5, 0.6) is 11.5 Å². The Morgan fingerprint density at radius 2 is 1.91 bits per heavy atom. The standard InChI is InChI=1S/C26H32F2N2O4/c1-2-3-17-33-21-12-10-19(11-13-21)14-15-29-24(31)20-7-6-16-30(18-20)25(32)22-8-4-5-9-23(22)34-26(27)28/h4-5,8-13,20,26H,2-3,6-7,14-18H2,1H3,(H,29,31). The summed E-state index contributed by atoms with van der Waals surface area (Å²) in [5.74, 6) is -0.163. The molecule has 8 heteroatoms. The van der Waals surface area contributed by atoms with Crippen molar-refractivity contribution >= 4 is 11.8 Å². The number of benzene rings is 2. The normalized spacial score (nSPS) is 15.8. The molecule has 1 N–H and O–H groups in total.